The first-order chi connectivity index (χ1) is 12.9. The van der Waals surface area contributed by atoms with Gasteiger partial charge in [0.15, 0.2) is 0 Å². The molecule has 0 aliphatic carbocycles. The fraction of sp³-hybridized carbons (Fsp3) is 0.412. The summed E-state index contributed by atoms with van der Waals surface area (Å²) in [5.41, 5.74) is -0.262. The van der Waals surface area contributed by atoms with E-state index in [0.29, 0.717) is 0 Å². The summed E-state index contributed by atoms with van der Waals surface area (Å²) >= 11 is 1.53. The van der Waals surface area contributed by atoms with Crippen molar-refractivity contribution in [2.24, 2.45) is 0 Å². The zero-order chi connectivity index (χ0) is 20.0. The van der Waals surface area contributed by atoms with Crippen LogP contribution in [0.5, 0.6) is 0 Å². The van der Waals surface area contributed by atoms with Crippen molar-refractivity contribution in [3.8, 4) is 0 Å². The fourth-order valence-electron chi connectivity index (χ4n) is 2.52. The number of esters is 2. The number of thioether (sulfide) groups is 1. The average Bonchev–Trinajstić information content (AvgIpc) is 2.70. The van der Waals surface area contributed by atoms with E-state index < -0.39 is 16.9 Å². The summed E-state index contributed by atoms with van der Waals surface area (Å²) in [6, 6.07) is 4.62. The van der Waals surface area contributed by atoms with Crippen LogP contribution in [0.15, 0.2) is 34.4 Å². The Morgan fingerprint density at radius 2 is 2.00 bits per heavy atom. The lowest BCUT2D eigenvalue weighted by Crippen LogP contribution is -2.39. The monoisotopic (exact) mass is 396 g/mol. The molecule has 0 N–H and O–H groups in total. The minimum atomic E-state index is -0.806. The minimum absolute atomic E-state index is 0.0588. The van der Waals surface area contributed by atoms with Crippen LogP contribution in [0.4, 0.5) is 11.4 Å². The zero-order valence-electron chi connectivity index (χ0n) is 15.2. The summed E-state index contributed by atoms with van der Waals surface area (Å²) in [7, 11) is 2.34. The molecule has 0 atom stereocenters. The molecule has 0 spiro atoms. The van der Waals surface area contributed by atoms with Crippen molar-refractivity contribution in [1.29, 1.82) is 0 Å². The van der Waals surface area contributed by atoms with Gasteiger partial charge in [0.05, 0.1) is 31.3 Å². The molecule has 146 valence electrons. The Kier molecular flexibility index (Phi) is 7.19. The number of nitro groups is 1. The summed E-state index contributed by atoms with van der Waals surface area (Å²) in [5, 5.41) is 11.5. The highest BCUT2D eigenvalue weighted by atomic mass is 32.2. The van der Waals surface area contributed by atoms with Crippen molar-refractivity contribution in [2.75, 3.05) is 38.2 Å². The van der Waals surface area contributed by atoms with Crippen LogP contribution in [0, 0.1) is 10.1 Å². The van der Waals surface area contributed by atoms with Gasteiger partial charge in [-0.25, -0.2) is 9.59 Å². The second kappa shape index (κ2) is 9.38. The third-order valence-corrected chi connectivity index (χ3v) is 4.94. The van der Waals surface area contributed by atoms with Gasteiger partial charge in [-0.15, -0.1) is 11.8 Å². The van der Waals surface area contributed by atoms with Gasteiger partial charge in [0, 0.05) is 11.0 Å². The number of anilines is 1. The quantitative estimate of drug-likeness (QED) is 0.297. The van der Waals surface area contributed by atoms with Crippen LogP contribution in [-0.2, 0) is 23.8 Å². The van der Waals surface area contributed by atoms with E-state index in [1.54, 1.807) is 12.1 Å². The molecular weight excluding hydrogens is 376 g/mol. The molecule has 0 unspecified atom stereocenters. The first kappa shape index (κ1) is 20.7. The summed E-state index contributed by atoms with van der Waals surface area (Å²) in [6.45, 7) is 1.72. The Balaban J connectivity index is 2.63. The van der Waals surface area contributed by atoms with Crippen LogP contribution in [0.1, 0.15) is 13.3 Å². The molecule has 1 heterocycles. The number of carbonyl (C=O) groups excluding carboxylic acids is 2. The van der Waals surface area contributed by atoms with E-state index >= 15 is 0 Å². The highest BCUT2D eigenvalue weighted by molar-refractivity contribution is 7.99. The van der Waals surface area contributed by atoms with E-state index in [9.17, 15) is 19.7 Å². The highest BCUT2D eigenvalue weighted by Crippen LogP contribution is 2.37. The predicted molar refractivity (Wildman–Crippen MR) is 98.5 cm³/mol. The van der Waals surface area contributed by atoms with Gasteiger partial charge in [-0.3, -0.25) is 10.1 Å². The molecule has 2 rings (SSSR count). The lowest BCUT2D eigenvalue weighted by Gasteiger charge is -2.31. The van der Waals surface area contributed by atoms with Crippen molar-refractivity contribution >= 4 is 35.1 Å². The van der Waals surface area contributed by atoms with Crippen LogP contribution < -0.4 is 4.90 Å². The SMILES string of the molecule is CCCSc1ccc([N+](=O)[O-])c(N2COCC(C(=O)OC)=C2C(=O)OC)c1. The molecule has 9 nitrogen and oxygen atoms in total. The van der Waals surface area contributed by atoms with Gasteiger partial charge in [0.2, 0.25) is 0 Å². The predicted octanol–water partition coefficient (Wildman–Crippen LogP) is 2.49. The Morgan fingerprint density at radius 3 is 2.59 bits per heavy atom. The smallest absolute Gasteiger partial charge is 0.355 e. The lowest BCUT2D eigenvalue weighted by atomic mass is 10.1. The second-order valence-electron chi connectivity index (χ2n) is 5.47. The van der Waals surface area contributed by atoms with Gasteiger partial charge in [-0.1, -0.05) is 6.92 Å². The normalized spacial score (nSPS) is 14.1. The Morgan fingerprint density at radius 1 is 1.30 bits per heavy atom. The lowest BCUT2D eigenvalue weighted by molar-refractivity contribution is -0.384. The molecule has 0 amide bonds. The molecule has 1 aliphatic heterocycles. The van der Waals surface area contributed by atoms with Crippen LogP contribution in [-0.4, -0.2) is 50.2 Å². The third-order valence-electron chi connectivity index (χ3n) is 3.74. The molecule has 1 aliphatic rings. The van der Waals surface area contributed by atoms with Crippen molar-refractivity contribution in [2.45, 2.75) is 18.2 Å². The number of rotatable bonds is 7. The number of hydrogen-bond acceptors (Lipinski definition) is 9. The topological polar surface area (TPSA) is 108 Å². The summed E-state index contributed by atoms with van der Waals surface area (Å²) in [6.07, 6.45) is 0.934. The van der Waals surface area contributed by atoms with Gasteiger partial charge in [-0.2, -0.15) is 0 Å². The molecule has 10 heteroatoms. The van der Waals surface area contributed by atoms with Crippen molar-refractivity contribution in [3.63, 3.8) is 0 Å². The molecule has 0 bridgehead atoms. The van der Waals surface area contributed by atoms with Gasteiger partial charge in [0.1, 0.15) is 18.1 Å². The largest absolute Gasteiger partial charge is 0.466 e. The number of methoxy groups -OCH3 is 2. The molecule has 0 aromatic heterocycles. The average molecular weight is 396 g/mol. The molecule has 1 aromatic rings. The van der Waals surface area contributed by atoms with Crippen LogP contribution in [0.3, 0.4) is 0 Å². The van der Waals surface area contributed by atoms with Gasteiger partial charge < -0.3 is 19.1 Å². The molecule has 0 saturated carbocycles. The number of hydrogen-bond donors (Lipinski definition) is 0. The molecule has 0 fully saturated rings. The number of ether oxygens (including phenoxy) is 3. The Labute approximate surface area is 160 Å². The Hall–Kier alpha value is -2.59. The number of nitrogens with zero attached hydrogens (tertiary/aromatic N) is 2. The fourth-order valence-corrected chi connectivity index (χ4v) is 3.32. The first-order valence-electron chi connectivity index (χ1n) is 8.10. The standard InChI is InChI=1S/C17H20N2O7S/c1-4-7-27-11-5-6-13(19(22)23)14(8-11)18-10-26-9-12(16(20)24-2)15(18)17(21)25-3/h5-6,8H,4,7,9-10H2,1-3H3. The van der Waals surface area contributed by atoms with E-state index in [2.05, 4.69) is 0 Å². The summed E-state index contributed by atoms with van der Waals surface area (Å²) in [4.78, 5) is 37.5. The van der Waals surface area contributed by atoms with E-state index in [1.165, 1.54) is 36.9 Å². The van der Waals surface area contributed by atoms with E-state index in [0.717, 1.165) is 17.1 Å². The van der Waals surface area contributed by atoms with Crippen molar-refractivity contribution < 1.29 is 28.7 Å². The zero-order valence-corrected chi connectivity index (χ0v) is 16.0. The van der Waals surface area contributed by atoms with E-state index in [-0.39, 0.29) is 36.0 Å². The van der Waals surface area contributed by atoms with Gasteiger partial charge >= 0.3 is 11.9 Å². The van der Waals surface area contributed by atoms with Crippen LogP contribution >= 0.6 is 11.8 Å². The first-order valence-corrected chi connectivity index (χ1v) is 9.09. The molecule has 0 saturated heterocycles. The summed E-state index contributed by atoms with van der Waals surface area (Å²) in [5.74, 6) is -0.736. The number of benzene rings is 1. The third kappa shape index (κ3) is 4.58. The van der Waals surface area contributed by atoms with Crippen LogP contribution in [0.25, 0.3) is 0 Å². The number of carbonyl (C=O) groups is 2. The molecule has 27 heavy (non-hydrogen) atoms. The minimum Gasteiger partial charge on any atom is -0.466 e. The van der Waals surface area contributed by atoms with Crippen molar-refractivity contribution in [3.05, 3.63) is 39.6 Å². The van der Waals surface area contributed by atoms with Gasteiger partial charge in [-0.05, 0) is 24.3 Å². The number of nitro benzene ring substituents is 1. The molecular formula is C17H20N2O7S. The molecule has 0 radical (unpaired) electrons. The molecule has 1 aromatic carbocycles. The maximum atomic E-state index is 12.4. The maximum Gasteiger partial charge on any atom is 0.355 e. The van der Waals surface area contributed by atoms with Crippen molar-refractivity contribution in [1.82, 2.24) is 0 Å². The summed E-state index contributed by atoms with van der Waals surface area (Å²) < 4.78 is 14.9. The highest BCUT2D eigenvalue weighted by Gasteiger charge is 2.35. The second-order valence-corrected chi connectivity index (χ2v) is 6.64. The van der Waals surface area contributed by atoms with E-state index in [4.69, 9.17) is 14.2 Å². The van der Waals surface area contributed by atoms with Crippen LogP contribution in [0.2, 0.25) is 0 Å². The maximum absolute atomic E-state index is 12.4. The van der Waals surface area contributed by atoms with Gasteiger partial charge in [0.25, 0.3) is 5.69 Å². The Bertz CT molecular complexity index is 779. The van der Waals surface area contributed by atoms with E-state index in [1.807, 2.05) is 6.92 Å².